The van der Waals surface area contributed by atoms with Gasteiger partial charge in [-0.2, -0.15) is 5.10 Å². The molecular formula is C10H18N4O4S2. The zero-order chi connectivity index (χ0) is 14.8. The fourth-order valence-corrected chi connectivity index (χ4v) is 4.78. The molecule has 0 aromatic carbocycles. The van der Waals surface area contributed by atoms with Crippen molar-refractivity contribution in [1.82, 2.24) is 14.5 Å². The maximum Gasteiger partial charge on any atom is 0.243 e. The normalized spacial score (nSPS) is 20.1. The van der Waals surface area contributed by atoms with E-state index in [9.17, 15) is 16.8 Å². The monoisotopic (exact) mass is 322 g/mol. The van der Waals surface area contributed by atoms with Gasteiger partial charge in [-0.15, -0.1) is 0 Å². The molecule has 0 saturated carbocycles. The lowest BCUT2D eigenvalue weighted by atomic mass is 10.2. The second-order valence-electron chi connectivity index (χ2n) is 4.78. The van der Waals surface area contributed by atoms with Crippen molar-refractivity contribution < 1.29 is 16.8 Å². The van der Waals surface area contributed by atoms with E-state index in [1.807, 2.05) is 0 Å². The molecule has 0 atom stereocenters. The number of hydrogen-bond donors (Lipinski definition) is 2. The average molecular weight is 322 g/mol. The molecule has 0 spiro atoms. The molecule has 0 unspecified atom stereocenters. The summed E-state index contributed by atoms with van der Waals surface area (Å²) in [7, 11) is -6.67. The second kappa shape index (κ2) is 5.80. The van der Waals surface area contributed by atoms with Crippen LogP contribution in [-0.2, 0) is 26.4 Å². The SMILES string of the molecule is NCCn1cc(S(=O)(=O)NC2CCS(=O)(=O)CC2)cn1. The Morgan fingerprint density at radius 2 is 2.05 bits per heavy atom. The second-order valence-corrected chi connectivity index (χ2v) is 8.79. The van der Waals surface area contributed by atoms with E-state index in [0.717, 1.165) is 0 Å². The summed E-state index contributed by atoms with van der Waals surface area (Å²) in [4.78, 5) is 0.0689. The minimum absolute atomic E-state index is 0.0205. The van der Waals surface area contributed by atoms with Crippen LogP contribution in [0.15, 0.2) is 17.3 Å². The predicted octanol–water partition coefficient (Wildman–Crippen LogP) is -1.30. The molecule has 1 aliphatic heterocycles. The zero-order valence-electron chi connectivity index (χ0n) is 10.9. The van der Waals surface area contributed by atoms with Crippen LogP contribution in [0.3, 0.4) is 0 Å². The minimum atomic E-state index is -3.66. The van der Waals surface area contributed by atoms with E-state index in [-0.39, 0.29) is 22.4 Å². The zero-order valence-corrected chi connectivity index (χ0v) is 12.5. The summed E-state index contributed by atoms with van der Waals surface area (Å²) in [6.07, 6.45) is 3.28. The first kappa shape index (κ1) is 15.4. The Hall–Kier alpha value is -0.970. The van der Waals surface area contributed by atoms with Gasteiger partial charge in [0.15, 0.2) is 0 Å². The topological polar surface area (TPSA) is 124 Å². The van der Waals surface area contributed by atoms with Gasteiger partial charge in [0.1, 0.15) is 14.7 Å². The van der Waals surface area contributed by atoms with Gasteiger partial charge in [-0.05, 0) is 12.8 Å². The van der Waals surface area contributed by atoms with Crippen molar-refractivity contribution in [2.45, 2.75) is 30.3 Å². The highest BCUT2D eigenvalue weighted by atomic mass is 32.2. The van der Waals surface area contributed by atoms with E-state index in [1.54, 1.807) is 0 Å². The van der Waals surface area contributed by atoms with Crippen molar-refractivity contribution in [3.8, 4) is 0 Å². The highest BCUT2D eigenvalue weighted by molar-refractivity contribution is 7.91. The number of sulfonamides is 1. The van der Waals surface area contributed by atoms with Crippen molar-refractivity contribution in [3.63, 3.8) is 0 Å². The summed E-state index contributed by atoms with van der Waals surface area (Å²) in [5.74, 6) is 0.0409. The number of nitrogens with two attached hydrogens (primary N) is 1. The van der Waals surface area contributed by atoms with Crippen LogP contribution in [0.2, 0.25) is 0 Å². The van der Waals surface area contributed by atoms with Crippen LogP contribution in [0.25, 0.3) is 0 Å². The van der Waals surface area contributed by atoms with Gasteiger partial charge in [-0.3, -0.25) is 4.68 Å². The van der Waals surface area contributed by atoms with Crippen molar-refractivity contribution >= 4 is 19.9 Å². The van der Waals surface area contributed by atoms with Crippen molar-refractivity contribution in [1.29, 1.82) is 0 Å². The summed E-state index contributed by atoms with van der Waals surface area (Å²) >= 11 is 0. The third kappa shape index (κ3) is 3.78. The molecule has 0 aliphatic carbocycles. The molecule has 1 aromatic heterocycles. The third-order valence-electron chi connectivity index (χ3n) is 3.15. The highest BCUT2D eigenvalue weighted by Crippen LogP contribution is 2.15. The number of rotatable bonds is 5. The molecule has 1 aromatic rings. The summed E-state index contributed by atoms with van der Waals surface area (Å²) < 4.78 is 50.9. The first-order valence-electron chi connectivity index (χ1n) is 6.28. The quantitative estimate of drug-likeness (QED) is 0.694. The van der Waals surface area contributed by atoms with Gasteiger partial charge in [0, 0.05) is 18.8 Å². The summed E-state index contributed by atoms with van der Waals surface area (Å²) in [6.45, 7) is 0.812. The van der Waals surface area contributed by atoms with Gasteiger partial charge in [0.25, 0.3) is 0 Å². The van der Waals surface area contributed by atoms with Crippen LogP contribution in [-0.4, -0.2) is 50.7 Å². The van der Waals surface area contributed by atoms with E-state index in [4.69, 9.17) is 5.73 Å². The van der Waals surface area contributed by atoms with Crippen LogP contribution in [0.4, 0.5) is 0 Å². The first-order valence-corrected chi connectivity index (χ1v) is 9.58. The average Bonchev–Trinajstić information content (AvgIpc) is 2.82. The Balaban J connectivity index is 2.03. The molecule has 0 bridgehead atoms. The summed E-state index contributed by atoms with van der Waals surface area (Å²) in [5, 5.41) is 3.91. The number of nitrogens with zero attached hydrogens (tertiary/aromatic N) is 2. The molecule has 8 nitrogen and oxygen atoms in total. The summed E-state index contributed by atoms with van der Waals surface area (Å²) in [6, 6.07) is -0.346. The molecule has 20 heavy (non-hydrogen) atoms. The van der Waals surface area contributed by atoms with Crippen molar-refractivity contribution in [2.24, 2.45) is 5.73 Å². The van der Waals surface area contributed by atoms with E-state index >= 15 is 0 Å². The van der Waals surface area contributed by atoms with Gasteiger partial charge in [0.05, 0.1) is 24.2 Å². The van der Waals surface area contributed by atoms with Gasteiger partial charge in [-0.25, -0.2) is 21.6 Å². The van der Waals surface area contributed by atoms with Crippen molar-refractivity contribution in [3.05, 3.63) is 12.4 Å². The van der Waals surface area contributed by atoms with Crippen LogP contribution in [0, 0.1) is 0 Å². The molecule has 114 valence electrons. The lowest BCUT2D eigenvalue weighted by Crippen LogP contribution is -2.40. The predicted molar refractivity (Wildman–Crippen MR) is 73.3 cm³/mol. The summed E-state index contributed by atoms with van der Waals surface area (Å²) in [5.41, 5.74) is 5.37. The van der Waals surface area contributed by atoms with Gasteiger partial charge in [-0.1, -0.05) is 0 Å². The molecule has 10 heteroatoms. The highest BCUT2D eigenvalue weighted by Gasteiger charge is 2.28. The Kier molecular flexibility index (Phi) is 4.47. The van der Waals surface area contributed by atoms with Crippen LogP contribution in [0.1, 0.15) is 12.8 Å². The molecule has 1 saturated heterocycles. The van der Waals surface area contributed by atoms with E-state index in [0.29, 0.717) is 25.9 Å². The fourth-order valence-electron chi connectivity index (χ4n) is 2.03. The van der Waals surface area contributed by atoms with E-state index < -0.39 is 19.9 Å². The minimum Gasteiger partial charge on any atom is -0.329 e. The van der Waals surface area contributed by atoms with E-state index in [1.165, 1.54) is 17.1 Å². The van der Waals surface area contributed by atoms with Crippen LogP contribution in [0.5, 0.6) is 0 Å². The lowest BCUT2D eigenvalue weighted by Gasteiger charge is -2.22. The molecule has 3 N–H and O–H groups in total. The molecule has 1 aliphatic rings. The van der Waals surface area contributed by atoms with E-state index in [2.05, 4.69) is 9.82 Å². The van der Waals surface area contributed by atoms with Gasteiger partial charge >= 0.3 is 0 Å². The van der Waals surface area contributed by atoms with Gasteiger partial charge < -0.3 is 5.73 Å². The number of hydrogen-bond acceptors (Lipinski definition) is 6. The maximum atomic E-state index is 12.1. The van der Waals surface area contributed by atoms with Crippen molar-refractivity contribution in [2.75, 3.05) is 18.1 Å². The molecule has 0 radical (unpaired) electrons. The maximum absolute atomic E-state index is 12.1. The Morgan fingerprint density at radius 1 is 1.40 bits per heavy atom. The first-order chi connectivity index (χ1) is 9.32. The Labute approximate surface area is 118 Å². The molecule has 2 rings (SSSR count). The number of aromatic nitrogens is 2. The molecule has 0 amide bonds. The Morgan fingerprint density at radius 3 is 2.65 bits per heavy atom. The smallest absolute Gasteiger partial charge is 0.243 e. The third-order valence-corrected chi connectivity index (χ3v) is 6.34. The number of nitrogens with one attached hydrogen (secondary N) is 1. The molecule has 2 heterocycles. The standard InChI is InChI=1S/C10H18N4O4S2/c11-3-4-14-8-10(7-12-14)20(17,18)13-9-1-5-19(15,16)6-2-9/h7-9,13H,1-6,11H2. The molecule has 1 fully saturated rings. The van der Waals surface area contributed by atoms with Gasteiger partial charge in [0.2, 0.25) is 10.0 Å². The number of sulfone groups is 1. The molecular weight excluding hydrogens is 304 g/mol. The van der Waals surface area contributed by atoms with Crippen LogP contribution >= 0.6 is 0 Å². The fraction of sp³-hybridized carbons (Fsp3) is 0.700. The largest absolute Gasteiger partial charge is 0.329 e. The van der Waals surface area contributed by atoms with Crippen LogP contribution < -0.4 is 10.5 Å². The Bertz CT molecular complexity index is 651. The lowest BCUT2D eigenvalue weighted by molar-refractivity contribution is 0.505.